The first-order valence-corrected chi connectivity index (χ1v) is 10.1. The van der Waals surface area contributed by atoms with Crippen molar-refractivity contribution in [1.82, 2.24) is 10.2 Å². The standard InChI is InChI=1S/C24H24N2O4S/c1-5-11-26-23(28)19(22(27)25-24(26)31)13-17-9-10-21(29-4)18(12-17)14-30-20-8-6-7-15(2)16(20)3/h5-10,12-13H,1,11,14H2,2-4H3,(H,25,27,31)/b19-13+. The molecule has 1 aliphatic heterocycles. The minimum absolute atomic E-state index is 0.00186. The van der Waals surface area contributed by atoms with Crippen LogP contribution in [0.5, 0.6) is 11.5 Å². The number of carbonyl (C=O) groups is 2. The first-order chi connectivity index (χ1) is 14.8. The molecule has 0 saturated carbocycles. The molecule has 2 aromatic carbocycles. The van der Waals surface area contributed by atoms with Gasteiger partial charge in [0.1, 0.15) is 23.7 Å². The second kappa shape index (κ2) is 9.57. The van der Waals surface area contributed by atoms with Crippen LogP contribution in [0.25, 0.3) is 6.08 Å². The number of thiocarbonyl (C=S) groups is 1. The van der Waals surface area contributed by atoms with Crippen molar-refractivity contribution in [3.05, 3.63) is 76.9 Å². The van der Waals surface area contributed by atoms with E-state index < -0.39 is 11.8 Å². The van der Waals surface area contributed by atoms with Crippen LogP contribution in [0.2, 0.25) is 0 Å². The summed E-state index contributed by atoms with van der Waals surface area (Å²) in [6.45, 7) is 8.16. The molecule has 0 bridgehead atoms. The lowest BCUT2D eigenvalue weighted by atomic mass is 10.0. The normalized spacial score (nSPS) is 15.1. The molecule has 0 aliphatic carbocycles. The number of ether oxygens (including phenoxy) is 2. The fraction of sp³-hybridized carbons (Fsp3) is 0.208. The first kappa shape index (κ1) is 22.2. The number of methoxy groups -OCH3 is 1. The van der Waals surface area contributed by atoms with Crippen LogP contribution in [-0.2, 0) is 16.2 Å². The molecule has 31 heavy (non-hydrogen) atoms. The van der Waals surface area contributed by atoms with Gasteiger partial charge in [0, 0.05) is 12.1 Å². The summed E-state index contributed by atoms with van der Waals surface area (Å²) in [5, 5.41) is 2.62. The Morgan fingerprint density at radius 1 is 1.16 bits per heavy atom. The Hall–Kier alpha value is -3.45. The van der Waals surface area contributed by atoms with Crippen molar-refractivity contribution in [2.75, 3.05) is 13.7 Å². The van der Waals surface area contributed by atoms with E-state index in [1.807, 2.05) is 38.1 Å². The number of benzene rings is 2. The molecule has 0 spiro atoms. The van der Waals surface area contributed by atoms with Crippen molar-refractivity contribution in [2.45, 2.75) is 20.5 Å². The van der Waals surface area contributed by atoms with Gasteiger partial charge in [-0.05, 0) is 67.0 Å². The van der Waals surface area contributed by atoms with E-state index >= 15 is 0 Å². The second-order valence-corrected chi connectivity index (χ2v) is 7.47. The van der Waals surface area contributed by atoms with E-state index in [-0.39, 0.29) is 23.8 Å². The number of hydrogen-bond acceptors (Lipinski definition) is 5. The minimum Gasteiger partial charge on any atom is -0.496 e. The van der Waals surface area contributed by atoms with E-state index in [0.717, 1.165) is 22.4 Å². The maximum atomic E-state index is 12.7. The number of amides is 2. The quantitative estimate of drug-likeness (QED) is 0.310. The molecule has 2 amide bonds. The number of aryl methyl sites for hydroxylation is 1. The van der Waals surface area contributed by atoms with Crippen LogP contribution in [-0.4, -0.2) is 35.5 Å². The van der Waals surface area contributed by atoms with Gasteiger partial charge in [-0.3, -0.25) is 19.8 Å². The van der Waals surface area contributed by atoms with Crippen molar-refractivity contribution in [2.24, 2.45) is 0 Å². The number of nitrogens with one attached hydrogen (secondary N) is 1. The molecule has 6 nitrogen and oxygen atoms in total. The number of rotatable bonds is 7. The molecule has 0 unspecified atom stereocenters. The van der Waals surface area contributed by atoms with E-state index in [1.165, 1.54) is 11.0 Å². The first-order valence-electron chi connectivity index (χ1n) is 9.71. The summed E-state index contributed by atoms with van der Waals surface area (Å²) in [7, 11) is 1.58. The highest BCUT2D eigenvalue weighted by Crippen LogP contribution is 2.26. The second-order valence-electron chi connectivity index (χ2n) is 7.08. The molecule has 0 atom stereocenters. The predicted molar refractivity (Wildman–Crippen MR) is 124 cm³/mol. The fourth-order valence-corrected chi connectivity index (χ4v) is 3.44. The number of carbonyl (C=O) groups excluding carboxylic acids is 2. The lowest BCUT2D eigenvalue weighted by Crippen LogP contribution is -2.53. The average molecular weight is 437 g/mol. The Bertz CT molecular complexity index is 1090. The zero-order valence-electron chi connectivity index (χ0n) is 17.7. The Kier molecular flexibility index (Phi) is 6.87. The summed E-state index contributed by atoms with van der Waals surface area (Å²) in [5.41, 5.74) is 3.68. The molecule has 1 saturated heterocycles. The lowest BCUT2D eigenvalue weighted by molar-refractivity contribution is -0.128. The maximum Gasteiger partial charge on any atom is 0.265 e. The summed E-state index contributed by atoms with van der Waals surface area (Å²) in [4.78, 5) is 26.4. The average Bonchev–Trinajstić information content (AvgIpc) is 2.75. The molecule has 2 aromatic rings. The van der Waals surface area contributed by atoms with Crippen molar-refractivity contribution < 1.29 is 19.1 Å². The Labute approximate surface area is 187 Å². The fourth-order valence-electron chi connectivity index (χ4n) is 3.19. The predicted octanol–water partition coefficient (Wildman–Crippen LogP) is 3.70. The molecule has 0 aromatic heterocycles. The molecule has 3 rings (SSSR count). The van der Waals surface area contributed by atoms with E-state index in [9.17, 15) is 9.59 Å². The summed E-state index contributed by atoms with van der Waals surface area (Å²) in [6.07, 6.45) is 3.09. The van der Waals surface area contributed by atoms with Crippen molar-refractivity contribution in [1.29, 1.82) is 0 Å². The van der Waals surface area contributed by atoms with Gasteiger partial charge in [-0.15, -0.1) is 6.58 Å². The van der Waals surface area contributed by atoms with Gasteiger partial charge in [-0.25, -0.2) is 0 Å². The van der Waals surface area contributed by atoms with Gasteiger partial charge in [0.15, 0.2) is 5.11 Å². The molecule has 1 aliphatic rings. The molecular formula is C24H24N2O4S. The van der Waals surface area contributed by atoms with E-state index in [0.29, 0.717) is 11.3 Å². The van der Waals surface area contributed by atoms with Gasteiger partial charge >= 0.3 is 0 Å². The third-order valence-electron chi connectivity index (χ3n) is 5.05. The SMILES string of the molecule is C=CCN1C(=O)/C(=C/c2ccc(OC)c(COc3cccc(C)c3C)c2)C(=O)NC1=S. The largest absolute Gasteiger partial charge is 0.496 e. The molecule has 160 valence electrons. The van der Waals surface area contributed by atoms with Crippen LogP contribution < -0.4 is 14.8 Å². The van der Waals surface area contributed by atoms with Gasteiger partial charge in [-0.2, -0.15) is 0 Å². The van der Waals surface area contributed by atoms with E-state index in [2.05, 4.69) is 11.9 Å². The Morgan fingerprint density at radius 2 is 1.94 bits per heavy atom. The van der Waals surface area contributed by atoms with Crippen molar-refractivity contribution in [3.8, 4) is 11.5 Å². The third kappa shape index (κ3) is 4.83. The zero-order valence-corrected chi connectivity index (χ0v) is 18.5. The van der Waals surface area contributed by atoms with Crippen LogP contribution in [0, 0.1) is 13.8 Å². The lowest BCUT2D eigenvalue weighted by Gasteiger charge is -2.27. The highest BCUT2D eigenvalue weighted by Gasteiger charge is 2.32. The van der Waals surface area contributed by atoms with Gasteiger partial charge in [0.05, 0.1) is 7.11 Å². The van der Waals surface area contributed by atoms with Crippen molar-refractivity contribution in [3.63, 3.8) is 0 Å². The molecule has 7 heteroatoms. The highest BCUT2D eigenvalue weighted by molar-refractivity contribution is 7.80. The molecule has 1 heterocycles. The highest BCUT2D eigenvalue weighted by atomic mass is 32.1. The van der Waals surface area contributed by atoms with Crippen LogP contribution in [0.4, 0.5) is 0 Å². The number of nitrogens with zero attached hydrogens (tertiary/aromatic N) is 1. The van der Waals surface area contributed by atoms with Gasteiger partial charge in [0.25, 0.3) is 11.8 Å². The van der Waals surface area contributed by atoms with E-state index in [1.54, 1.807) is 25.3 Å². The van der Waals surface area contributed by atoms with Gasteiger partial charge < -0.3 is 9.47 Å². The van der Waals surface area contributed by atoms with Crippen LogP contribution in [0.15, 0.2) is 54.6 Å². The van der Waals surface area contributed by atoms with E-state index in [4.69, 9.17) is 21.7 Å². The summed E-state index contributed by atoms with van der Waals surface area (Å²) >= 11 is 5.08. The Morgan fingerprint density at radius 3 is 2.65 bits per heavy atom. The zero-order chi connectivity index (χ0) is 22.5. The third-order valence-corrected chi connectivity index (χ3v) is 5.37. The molecule has 0 radical (unpaired) electrons. The summed E-state index contributed by atoms with van der Waals surface area (Å²) in [5.74, 6) is 0.458. The van der Waals surface area contributed by atoms with Crippen LogP contribution >= 0.6 is 12.2 Å². The Balaban J connectivity index is 1.89. The molecule has 1 fully saturated rings. The van der Waals surface area contributed by atoms with Gasteiger partial charge in [0.2, 0.25) is 0 Å². The molecular weight excluding hydrogens is 412 g/mol. The maximum absolute atomic E-state index is 12.7. The monoisotopic (exact) mass is 436 g/mol. The van der Waals surface area contributed by atoms with Crippen molar-refractivity contribution >= 4 is 35.2 Å². The number of hydrogen-bond donors (Lipinski definition) is 1. The minimum atomic E-state index is -0.528. The van der Waals surface area contributed by atoms with Crippen LogP contribution in [0.1, 0.15) is 22.3 Å². The summed E-state index contributed by atoms with van der Waals surface area (Å²) in [6, 6.07) is 11.3. The van der Waals surface area contributed by atoms with Crippen LogP contribution in [0.3, 0.4) is 0 Å². The molecule has 1 N–H and O–H groups in total. The van der Waals surface area contributed by atoms with Gasteiger partial charge in [-0.1, -0.05) is 24.3 Å². The smallest absolute Gasteiger partial charge is 0.265 e. The topological polar surface area (TPSA) is 67.9 Å². The summed E-state index contributed by atoms with van der Waals surface area (Å²) < 4.78 is 11.5.